The highest BCUT2D eigenvalue weighted by molar-refractivity contribution is 6.03. The summed E-state index contributed by atoms with van der Waals surface area (Å²) in [6.45, 7) is 9.83. The predicted molar refractivity (Wildman–Crippen MR) is 201 cm³/mol. The highest BCUT2D eigenvalue weighted by Gasteiger charge is 2.31. The van der Waals surface area contributed by atoms with Gasteiger partial charge >= 0.3 is 12.1 Å². The van der Waals surface area contributed by atoms with Gasteiger partial charge in [0.2, 0.25) is 0 Å². The molecule has 0 aliphatic carbocycles. The molecule has 0 saturated heterocycles. The molecule has 5 amide bonds. The monoisotopic (exact) mass is 714 g/mol. The van der Waals surface area contributed by atoms with E-state index in [1.54, 1.807) is 55.8 Å². The van der Waals surface area contributed by atoms with Crippen molar-refractivity contribution in [2.75, 3.05) is 49.3 Å². The largest absolute Gasteiger partial charge is 0.490 e. The fraction of sp³-hybridized carbons (Fsp3) is 0.436. The van der Waals surface area contributed by atoms with Crippen LogP contribution in [0.4, 0.5) is 26.7 Å². The number of likely N-dealkylation sites (N-methyl/N-ethyl adjacent to an activating group) is 1. The normalized spacial score (nSPS) is 19.2. The number of nitrogens with one attached hydrogen (secondary N) is 3. The predicted octanol–water partition coefficient (Wildman–Crippen LogP) is 7.05. The number of carbonyl (C=O) groups excluding carboxylic acids is 3. The fourth-order valence-corrected chi connectivity index (χ4v) is 6.30. The highest BCUT2D eigenvalue weighted by Crippen LogP contribution is 2.29. The molecule has 2 heterocycles. The Kier molecular flexibility index (Phi) is 12.7. The lowest BCUT2D eigenvalue weighted by atomic mass is 10.0. The van der Waals surface area contributed by atoms with Crippen LogP contribution in [0.15, 0.2) is 65.2 Å². The second-order valence-electron chi connectivity index (χ2n) is 13.6. The minimum absolute atomic E-state index is 0.210. The van der Waals surface area contributed by atoms with Crippen LogP contribution < -0.4 is 20.7 Å². The molecule has 0 unspecified atom stereocenters. The van der Waals surface area contributed by atoms with Gasteiger partial charge in [-0.15, -0.1) is 0 Å². The van der Waals surface area contributed by atoms with E-state index in [1.807, 2.05) is 56.3 Å². The summed E-state index contributed by atoms with van der Waals surface area (Å²) in [7, 11) is 1.73. The Hall–Kier alpha value is -5.14. The van der Waals surface area contributed by atoms with E-state index < -0.39 is 18.2 Å². The van der Waals surface area contributed by atoms with Crippen LogP contribution in [-0.4, -0.2) is 89.6 Å². The fourth-order valence-electron chi connectivity index (χ4n) is 6.30. The SMILES string of the molecule is Cc1noc(C)c1NC(=O)Nc1ccc2c(c1)C(=O)N([C@H](C)CO)C[C@H](C)[C@H](CN(C)C(=O)Nc1cccc3ccccc13)OCCCC[C@H](C)O2. The maximum absolute atomic E-state index is 14.5. The van der Waals surface area contributed by atoms with Crippen LogP contribution >= 0.6 is 0 Å². The topological polar surface area (TPSA) is 158 Å². The maximum Gasteiger partial charge on any atom is 0.323 e. The minimum Gasteiger partial charge on any atom is -0.490 e. The number of amides is 5. The number of ether oxygens (including phenoxy) is 2. The van der Waals surface area contributed by atoms with Crippen molar-refractivity contribution in [3.05, 3.63) is 77.7 Å². The molecule has 0 fully saturated rings. The van der Waals surface area contributed by atoms with E-state index in [2.05, 4.69) is 21.1 Å². The lowest BCUT2D eigenvalue weighted by molar-refractivity contribution is -0.0115. The Morgan fingerprint density at radius 3 is 2.56 bits per heavy atom. The molecule has 0 spiro atoms. The lowest BCUT2D eigenvalue weighted by Crippen LogP contribution is -2.48. The number of nitrogens with zero attached hydrogens (tertiary/aromatic N) is 3. The van der Waals surface area contributed by atoms with Crippen molar-refractivity contribution in [1.82, 2.24) is 15.0 Å². The number of hydrogen-bond donors (Lipinski definition) is 4. The number of rotatable bonds is 7. The van der Waals surface area contributed by atoms with Gasteiger partial charge in [-0.1, -0.05) is 48.5 Å². The van der Waals surface area contributed by atoms with Crippen molar-refractivity contribution in [3.63, 3.8) is 0 Å². The summed E-state index contributed by atoms with van der Waals surface area (Å²) in [6.07, 6.45) is 1.72. The third-order valence-corrected chi connectivity index (χ3v) is 9.41. The van der Waals surface area contributed by atoms with Gasteiger partial charge in [0, 0.05) is 43.7 Å². The third kappa shape index (κ3) is 9.39. The summed E-state index contributed by atoms with van der Waals surface area (Å²) in [5.41, 5.74) is 2.34. The summed E-state index contributed by atoms with van der Waals surface area (Å²) < 4.78 is 17.9. The molecule has 52 heavy (non-hydrogen) atoms. The molecular weight excluding hydrogens is 664 g/mol. The Labute approximate surface area is 304 Å². The minimum atomic E-state index is -0.555. The molecule has 0 bridgehead atoms. The molecule has 1 aliphatic heterocycles. The van der Waals surface area contributed by atoms with Gasteiger partial charge in [0.1, 0.15) is 17.1 Å². The lowest BCUT2D eigenvalue weighted by Gasteiger charge is -2.35. The van der Waals surface area contributed by atoms with Crippen molar-refractivity contribution in [2.45, 2.75) is 72.1 Å². The first-order valence-electron chi connectivity index (χ1n) is 17.8. The molecule has 278 valence electrons. The van der Waals surface area contributed by atoms with Crippen LogP contribution in [0, 0.1) is 19.8 Å². The van der Waals surface area contributed by atoms with Gasteiger partial charge < -0.3 is 44.9 Å². The van der Waals surface area contributed by atoms with Gasteiger partial charge in [0.15, 0.2) is 5.76 Å². The van der Waals surface area contributed by atoms with Crippen LogP contribution in [0.2, 0.25) is 0 Å². The molecule has 4 aromatic rings. The number of aryl methyl sites for hydroxylation is 2. The van der Waals surface area contributed by atoms with E-state index in [1.165, 1.54) is 0 Å². The van der Waals surface area contributed by atoms with Gasteiger partial charge in [-0.25, -0.2) is 9.59 Å². The van der Waals surface area contributed by atoms with Crippen LogP contribution in [-0.2, 0) is 4.74 Å². The number of benzene rings is 3. The van der Waals surface area contributed by atoms with E-state index in [4.69, 9.17) is 14.0 Å². The Bertz CT molecular complexity index is 1840. The standard InChI is InChI=1S/C39H50N6O7/c1-24-21-45(25(2)23-46)37(47)32-20-30(40-38(48)42-36-27(4)43-52-28(36)5)17-18-34(32)51-26(3)12-9-10-19-50-35(24)22-44(6)39(49)41-33-16-11-14-29-13-7-8-15-31(29)33/h7-8,11,13-18,20,24-26,35,46H,9-10,12,19,21-23H2,1-6H3,(H,41,49)(H2,40,42,48)/t24-,25+,26-,35-/m0/s1. The number of aliphatic hydroxyl groups excluding tert-OH is 1. The zero-order valence-corrected chi connectivity index (χ0v) is 30.8. The van der Waals surface area contributed by atoms with Gasteiger partial charge in [-0.3, -0.25) is 4.79 Å². The van der Waals surface area contributed by atoms with Crippen molar-refractivity contribution in [2.24, 2.45) is 5.92 Å². The van der Waals surface area contributed by atoms with E-state index >= 15 is 0 Å². The number of aliphatic hydroxyl groups is 1. The molecule has 1 aliphatic rings. The number of carbonyl (C=O) groups is 3. The van der Waals surface area contributed by atoms with Gasteiger partial charge in [-0.05, 0) is 76.6 Å². The quantitative estimate of drug-likeness (QED) is 0.159. The van der Waals surface area contributed by atoms with E-state index in [-0.39, 0.29) is 49.2 Å². The summed E-state index contributed by atoms with van der Waals surface area (Å²) >= 11 is 0. The van der Waals surface area contributed by atoms with Crippen molar-refractivity contribution >= 4 is 45.8 Å². The molecule has 5 rings (SSSR count). The zero-order valence-electron chi connectivity index (χ0n) is 30.8. The smallest absolute Gasteiger partial charge is 0.323 e. The number of hydrogen-bond acceptors (Lipinski definition) is 8. The summed E-state index contributed by atoms with van der Waals surface area (Å²) in [6, 6.07) is 17.3. The molecule has 0 saturated carbocycles. The number of anilines is 3. The zero-order chi connectivity index (χ0) is 37.4. The third-order valence-electron chi connectivity index (χ3n) is 9.41. The van der Waals surface area contributed by atoms with Crippen molar-refractivity contribution in [3.8, 4) is 5.75 Å². The van der Waals surface area contributed by atoms with E-state index in [9.17, 15) is 19.5 Å². The molecule has 4 atom stereocenters. The Morgan fingerprint density at radius 2 is 1.81 bits per heavy atom. The van der Waals surface area contributed by atoms with Crippen LogP contribution in [0.3, 0.4) is 0 Å². The second kappa shape index (κ2) is 17.4. The average Bonchev–Trinajstić information content (AvgIpc) is 3.44. The van der Waals surface area contributed by atoms with Crippen molar-refractivity contribution in [1.29, 1.82) is 0 Å². The van der Waals surface area contributed by atoms with Gasteiger partial charge in [-0.2, -0.15) is 0 Å². The molecule has 4 N–H and O–H groups in total. The number of aromatic nitrogens is 1. The Morgan fingerprint density at radius 1 is 1.04 bits per heavy atom. The van der Waals surface area contributed by atoms with E-state index in [0.717, 1.165) is 30.0 Å². The number of urea groups is 2. The molecule has 13 heteroatoms. The Balaban J connectivity index is 1.37. The molecule has 1 aromatic heterocycles. The summed E-state index contributed by atoms with van der Waals surface area (Å²) in [4.78, 5) is 44.1. The van der Waals surface area contributed by atoms with Gasteiger partial charge in [0.25, 0.3) is 5.91 Å². The van der Waals surface area contributed by atoms with Crippen LogP contribution in [0.5, 0.6) is 5.75 Å². The molecular formula is C39H50N6O7. The number of fused-ring (bicyclic) bond motifs is 2. The summed E-state index contributed by atoms with van der Waals surface area (Å²) in [5.74, 6) is 0.241. The first-order chi connectivity index (χ1) is 24.9. The van der Waals surface area contributed by atoms with Crippen LogP contribution in [0.1, 0.15) is 61.8 Å². The molecule has 0 radical (unpaired) electrons. The van der Waals surface area contributed by atoms with Crippen molar-refractivity contribution < 1.29 is 33.5 Å². The van der Waals surface area contributed by atoms with E-state index in [0.29, 0.717) is 40.9 Å². The first-order valence-corrected chi connectivity index (χ1v) is 17.8. The second-order valence-corrected chi connectivity index (χ2v) is 13.6. The molecule has 13 nitrogen and oxygen atoms in total. The average molecular weight is 715 g/mol. The van der Waals surface area contributed by atoms with Gasteiger partial charge in [0.05, 0.1) is 36.1 Å². The summed E-state index contributed by atoms with van der Waals surface area (Å²) in [5, 5.41) is 24.7. The maximum atomic E-state index is 14.5. The van der Waals surface area contributed by atoms with Crippen LogP contribution in [0.25, 0.3) is 10.8 Å². The molecule has 3 aromatic carbocycles. The highest BCUT2D eigenvalue weighted by atomic mass is 16.5. The first kappa shape index (κ1) is 38.1.